The molecule has 2 heterocycles. The molecule has 5 nitrogen and oxygen atoms in total. The average molecular weight is 339 g/mol. The largest absolute Gasteiger partial charge is 0.376 e. The third-order valence-electron chi connectivity index (χ3n) is 3.16. The van der Waals surface area contributed by atoms with E-state index in [-0.39, 0.29) is 12.5 Å². The van der Waals surface area contributed by atoms with E-state index >= 15 is 0 Å². The molecule has 3 rings (SSSR count). The molecule has 22 heavy (non-hydrogen) atoms. The Balaban J connectivity index is 1.60. The average Bonchev–Trinajstić information content (AvgIpc) is 2.95. The first-order chi connectivity index (χ1) is 10.7. The van der Waals surface area contributed by atoms with Crippen LogP contribution in [0.4, 0.5) is 5.13 Å². The lowest BCUT2D eigenvalue weighted by atomic mass is 10.1. The second-order valence-electron chi connectivity index (χ2n) is 4.86. The predicted octanol–water partition coefficient (Wildman–Crippen LogP) is 2.74. The summed E-state index contributed by atoms with van der Waals surface area (Å²) in [6, 6.07) is 7.70. The first-order valence-corrected chi connectivity index (χ1v) is 8.09. The smallest absolute Gasteiger partial charge is 0.257 e. The number of hydrogen-bond acceptors (Lipinski definition) is 5. The van der Waals surface area contributed by atoms with Gasteiger partial charge in [0.15, 0.2) is 11.2 Å². The Bertz CT molecular complexity index is 656. The summed E-state index contributed by atoms with van der Waals surface area (Å²) in [6.07, 6.45) is 1.94. The van der Waals surface area contributed by atoms with Gasteiger partial charge in [-0.1, -0.05) is 23.7 Å². The summed E-state index contributed by atoms with van der Waals surface area (Å²) in [5.41, 5.74) is 1.11. The van der Waals surface area contributed by atoms with Crippen LogP contribution in [-0.4, -0.2) is 36.8 Å². The van der Waals surface area contributed by atoms with Gasteiger partial charge in [-0.05, 0) is 17.7 Å². The van der Waals surface area contributed by atoms with Gasteiger partial charge in [0.05, 0.1) is 19.8 Å². The van der Waals surface area contributed by atoms with Gasteiger partial charge in [-0.3, -0.25) is 10.1 Å². The molecule has 1 aromatic heterocycles. The first kappa shape index (κ1) is 15.4. The van der Waals surface area contributed by atoms with Crippen LogP contribution in [0.3, 0.4) is 0 Å². The fourth-order valence-corrected chi connectivity index (χ4v) is 3.18. The highest BCUT2D eigenvalue weighted by Gasteiger charge is 2.23. The molecule has 1 aromatic carbocycles. The van der Waals surface area contributed by atoms with Crippen molar-refractivity contribution in [3.63, 3.8) is 0 Å². The van der Waals surface area contributed by atoms with Crippen LogP contribution >= 0.6 is 22.9 Å². The molecule has 0 radical (unpaired) electrons. The second-order valence-corrected chi connectivity index (χ2v) is 6.41. The number of ether oxygens (including phenoxy) is 2. The maximum atomic E-state index is 12.0. The van der Waals surface area contributed by atoms with E-state index in [1.165, 1.54) is 11.3 Å². The van der Waals surface area contributed by atoms with E-state index < -0.39 is 6.10 Å². The third kappa shape index (κ3) is 4.04. The number of rotatable bonds is 4. The van der Waals surface area contributed by atoms with Gasteiger partial charge in [0.1, 0.15) is 0 Å². The molecule has 0 bridgehead atoms. The highest BCUT2D eigenvalue weighted by molar-refractivity contribution is 7.15. The molecule has 1 saturated heterocycles. The highest BCUT2D eigenvalue weighted by atomic mass is 35.5. The molecule has 0 saturated carbocycles. The van der Waals surface area contributed by atoms with E-state index in [1.54, 1.807) is 6.20 Å². The lowest BCUT2D eigenvalue weighted by Crippen LogP contribution is -2.39. The van der Waals surface area contributed by atoms with Crippen molar-refractivity contribution in [2.75, 3.05) is 25.1 Å². The van der Waals surface area contributed by atoms with Gasteiger partial charge in [0.2, 0.25) is 0 Å². The van der Waals surface area contributed by atoms with Crippen LogP contribution in [0.1, 0.15) is 10.4 Å². The zero-order chi connectivity index (χ0) is 15.4. The molecule has 1 N–H and O–H groups in total. The number of nitrogens with one attached hydrogen (secondary N) is 1. The van der Waals surface area contributed by atoms with E-state index in [9.17, 15) is 4.79 Å². The molecule has 0 spiro atoms. The van der Waals surface area contributed by atoms with Crippen molar-refractivity contribution < 1.29 is 14.3 Å². The SMILES string of the molecule is O=C(Nc1ncc(Cc2cccc(Cl)c2)s1)C1COCCO1. The number of halogens is 1. The summed E-state index contributed by atoms with van der Waals surface area (Å²) in [5, 5.41) is 4.05. The van der Waals surface area contributed by atoms with E-state index in [0.717, 1.165) is 16.9 Å². The summed E-state index contributed by atoms with van der Waals surface area (Å²) in [7, 11) is 0. The molecule has 0 aliphatic carbocycles. The molecule has 116 valence electrons. The Labute approximate surface area is 137 Å². The van der Waals surface area contributed by atoms with Crippen molar-refractivity contribution in [3.8, 4) is 0 Å². The van der Waals surface area contributed by atoms with Gasteiger partial charge < -0.3 is 9.47 Å². The quantitative estimate of drug-likeness (QED) is 0.931. The Kier molecular flexibility index (Phi) is 5.04. The Hall–Kier alpha value is -1.47. The summed E-state index contributed by atoms with van der Waals surface area (Å²) in [5.74, 6) is -0.219. The number of hydrogen-bond donors (Lipinski definition) is 1. The van der Waals surface area contributed by atoms with Crippen molar-refractivity contribution in [3.05, 3.63) is 45.9 Å². The van der Waals surface area contributed by atoms with Crippen LogP contribution in [0.25, 0.3) is 0 Å². The minimum atomic E-state index is -0.561. The molecular formula is C15H15ClN2O3S. The van der Waals surface area contributed by atoms with E-state index in [4.69, 9.17) is 21.1 Å². The minimum absolute atomic E-state index is 0.219. The minimum Gasteiger partial charge on any atom is -0.376 e. The predicted molar refractivity (Wildman–Crippen MR) is 85.6 cm³/mol. The van der Waals surface area contributed by atoms with E-state index in [1.807, 2.05) is 24.3 Å². The van der Waals surface area contributed by atoms with Gasteiger partial charge >= 0.3 is 0 Å². The fourth-order valence-electron chi connectivity index (χ4n) is 2.12. The number of anilines is 1. The molecular weight excluding hydrogens is 324 g/mol. The fraction of sp³-hybridized carbons (Fsp3) is 0.333. The maximum Gasteiger partial charge on any atom is 0.257 e. The summed E-state index contributed by atoms with van der Waals surface area (Å²) < 4.78 is 10.6. The van der Waals surface area contributed by atoms with E-state index in [0.29, 0.717) is 23.4 Å². The van der Waals surface area contributed by atoms with Crippen LogP contribution in [0.15, 0.2) is 30.5 Å². The highest BCUT2D eigenvalue weighted by Crippen LogP contribution is 2.22. The lowest BCUT2D eigenvalue weighted by molar-refractivity contribution is -0.142. The topological polar surface area (TPSA) is 60.5 Å². The number of thiazole rings is 1. The normalized spacial score (nSPS) is 18.1. The van der Waals surface area contributed by atoms with Crippen LogP contribution in [-0.2, 0) is 20.7 Å². The van der Waals surface area contributed by atoms with Crippen LogP contribution in [0.2, 0.25) is 5.02 Å². The summed E-state index contributed by atoms with van der Waals surface area (Å²) in [4.78, 5) is 17.3. The number of aromatic nitrogens is 1. The number of carbonyl (C=O) groups is 1. The monoisotopic (exact) mass is 338 g/mol. The molecule has 1 unspecified atom stereocenters. The standard InChI is InChI=1S/C15H15ClN2O3S/c16-11-3-1-2-10(6-11)7-12-8-17-15(22-12)18-14(19)13-9-20-4-5-21-13/h1-3,6,8,13H,4-5,7,9H2,(H,17,18,19). The number of nitrogens with zero attached hydrogens (tertiary/aromatic N) is 1. The molecule has 2 aromatic rings. The molecule has 1 fully saturated rings. The molecule has 1 aliphatic rings. The van der Waals surface area contributed by atoms with Gasteiger partial charge in [-0.15, -0.1) is 11.3 Å². The molecule has 7 heteroatoms. The van der Waals surface area contributed by atoms with Crippen molar-refractivity contribution in [1.82, 2.24) is 4.98 Å². The number of amides is 1. The van der Waals surface area contributed by atoms with Crippen LogP contribution < -0.4 is 5.32 Å². The van der Waals surface area contributed by atoms with Gasteiger partial charge in [0.25, 0.3) is 5.91 Å². The van der Waals surface area contributed by atoms with Crippen molar-refractivity contribution in [2.24, 2.45) is 0 Å². The zero-order valence-corrected chi connectivity index (χ0v) is 13.3. The molecule has 1 amide bonds. The van der Waals surface area contributed by atoms with E-state index in [2.05, 4.69) is 10.3 Å². The van der Waals surface area contributed by atoms with Crippen LogP contribution in [0.5, 0.6) is 0 Å². The summed E-state index contributed by atoms with van der Waals surface area (Å²) in [6.45, 7) is 1.26. The molecule has 1 aliphatic heterocycles. The Morgan fingerprint density at radius 3 is 3.14 bits per heavy atom. The lowest BCUT2D eigenvalue weighted by Gasteiger charge is -2.21. The van der Waals surface area contributed by atoms with Gasteiger partial charge in [0, 0.05) is 22.5 Å². The van der Waals surface area contributed by atoms with Gasteiger partial charge in [-0.2, -0.15) is 0 Å². The maximum absolute atomic E-state index is 12.0. The Morgan fingerprint density at radius 1 is 1.45 bits per heavy atom. The Morgan fingerprint density at radius 2 is 2.36 bits per heavy atom. The zero-order valence-electron chi connectivity index (χ0n) is 11.8. The van der Waals surface area contributed by atoms with Crippen molar-refractivity contribution >= 4 is 34.0 Å². The van der Waals surface area contributed by atoms with Crippen molar-refractivity contribution in [1.29, 1.82) is 0 Å². The molecule has 1 atom stereocenters. The third-order valence-corrected chi connectivity index (χ3v) is 4.31. The second kappa shape index (κ2) is 7.19. The van der Waals surface area contributed by atoms with Gasteiger partial charge in [-0.25, -0.2) is 4.98 Å². The van der Waals surface area contributed by atoms with Crippen LogP contribution in [0, 0.1) is 0 Å². The summed E-state index contributed by atoms with van der Waals surface area (Å²) >= 11 is 7.42. The first-order valence-electron chi connectivity index (χ1n) is 6.90. The number of benzene rings is 1. The van der Waals surface area contributed by atoms with Crippen molar-refractivity contribution in [2.45, 2.75) is 12.5 Å². The number of carbonyl (C=O) groups excluding carboxylic acids is 1.